The zero-order valence-electron chi connectivity index (χ0n) is 12.5. The lowest BCUT2D eigenvalue weighted by molar-refractivity contribution is -0.119. The summed E-state index contributed by atoms with van der Waals surface area (Å²) < 4.78 is 0. The number of anilines is 1. The van der Waals surface area contributed by atoms with Gasteiger partial charge in [-0.25, -0.2) is 0 Å². The van der Waals surface area contributed by atoms with Crippen molar-refractivity contribution in [2.75, 3.05) is 18.4 Å². The van der Waals surface area contributed by atoms with E-state index in [2.05, 4.69) is 56.5 Å². The van der Waals surface area contributed by atoms with Gasteiger partial charge in [-0.3, -0.25) is 4.79 Å². The molecule has 0 aliphatic rings. The molecule has 0 aromatic heterocycles. The summed E-state index contributed by atoms with van der Waals surface area (Å²) in [6, 6.07) is 6.26. The summed E-state index contributed by atoms with van der Waals surface area (Å²) in [4.78, 5) is 11.7. The van der Waals surface area contributed by atoms with Gasteiger partial charge < -0.3 is 10.6 Å². The number of carbonyl (C=O) groups excluding carboxylic acids is 1. The van der Waals surface area contributed by atoms with Crippen molar-refractivity contribution in [3.8, 4) is 0 Å². The fraction of sp³-hybridized carbons (Fsp3) is 0.562. The first-order valence-electron chi connectivity index (χ1n) is 7.16. The largest absolute Gasteiger partial charge is 0.376 e. The van der Waals surface area contributed by atoms with E-state index in [1.54, 1.807) is 0 Å². The molecule has 0 spiro atoms. The Morgan fingerprint density at radius 2 is 2.05 bits per heavy atom. The van der Waals surface area contributed by atoms with Gasteiger partial charge in [-0.1, -0.05) is 45.4 Å². The molecule has 1 rings (SSSR count). The van der Waals surface area contributed by atoms with E-state index < -0.39 is 0 Å². The highest BCUT2D eigenvalue weighted by Crippen LogP contribution is 2.26. The van der Waals surface area contributed by atoms with Gasteiger partial charge in [0.2, 0.25) is 5.91 Å². The van der Waals surface area contributed by atoms with Gasteiger partial charge in [0, 0.05) is 12.2 Å². The van der Waals surface area contributed by atoms with Gasteiger partial charge >= 0.3 is 0 Å². The average molecular weight is 262 g/mol. The summed E-state index contributed by atoms with van der Waals surface area (Å²) in [7, 11) is 0. The Kier molecular flexibility index (Phi) is 6.40. The highest BCUT2D eigenvalue weighted by molar-refractivity contribution is 5.81. The van der Waals surface area contributed by atoms with Crippen LogP contribution in [0.25, 0.3) is 0 Å². The Hall–Kier alpha value is -1.51. The van der Waals surface area contributed by atoms with Crippen LogP contribution in [0.3, 0.4) is 0 Å². The molecule has 1 aromatic rings. The maximum Gasteiger partial charge on any atom is 0.239 e. The maximum absolute atomic E-state index is 11.7. The highest BCUT2D eigenvalue weighted by atomic mass is 16.1. The third-order valence-corrected chi connectivity index (χ3v) is 3.21. The van der Waals surface area contributed by atoms with E-state index in [1.807, 2.05) is 0 Å². The minimum absolute atomic E-state index is 0.0615. The van der Waals surface area contributed by atoms with E-state index >= 15 is 0 Å². The zero-order chi connectivity index (χ0) is 14.3. The number of hydrogen-bond acceptors (Lipinski definition) is 2. The van der Waals surface area contributed by atoms with Gasteiger partial charge in [-0.2, -0.15) is 0 Å². The van der Waals surface area contributed by atoms with Crippen LogP contribution in [0.1, 0.15) is 50.7 Å². The fourth-order valence-corrected chi connectivity index (χ4v) is 2.05. The molecule has 1 aromatic carbocycles. The number of rotatable bonds is 7. The summed E-state index contributed by atoms with van der Waals surface area (Å²) in [6.07, 6.45) is 2.14. The topological polar surface area (TPSA) is 41.1 Å². The second kappa shape index (κ2) is 7.82. The first-order chi connectivity index (χ1) is 9.06. The lowest BCUT2D eigenvalue weighted by Crippen LogP contribution is -2.30. The molecule has 1 amide bonds. The molecule has 2 N–H and O–H groups in total. The summed E-state index contributed by atoms with van der Waals surface area (Å²) in [5.41, 5.74) is 3.55. The third-order valence-electron chi connectivity index (χ3n) is 3.21. The molecule has 3 nitrogen and oxygen atoms in total. The first-order valence-corrected chi connectivity index (χ1v) is 7.16. The van der Waals surface area contributed by atoms with E-state index in [0.717, 1.165) is 25.1 Å². The summed E-state index contributed by atoms with van der Waals surface area (Å²) in [5, 5.41) is 6.20. The van der Waals surface area contributed by atoms with E-state index in [9.17, 15) is 4.79 Å². The van der Waals surface area contributed by atoms with Gasteiger partial charge in [0.15, 0.2) is 0 Å². The van der Waals surface area contributed by atoms with Crippen LogP contribution in [-0.2, 0) is 4.79 Å². The predicted molar refractivity (Wildman–Crippen MR) is 81.7 cm³/mol. The van der Waals surface area contributed by atoms with E-state index in [-0.39, 0.29) is 5.91 Å². The molecule has 0 atom stereocenters. The minimum atomic E-state index is 0.0615. The van der Waals surface area contributed by atoms with Gasteiger partial charge in [0.05, 0.1) is 6.54 Å². The van der Waals surface area contributed by atoms with Crippen LogP contribution >= 0.6 is 0 Å². The molecule has 0 saturated heterocycles. The first kappa shape index (κ1) is 15.5. The summed E-state index contributed by atoms with van der Waals surface area (Å²) in [5.74, 6) is 0.511. The minimum Gasteiger partial charge on any atom is -0.376 e. The Bertz CT molecular complexity index is 413. The second-order valence-electron chi connectivity index (χ2n) is 5.25. The fourth-order valence-electron chi connectivity index (χ4n) is 2.05. The lowest BCUT2D eigenvalue weighted by Gasteiger charge is -2.17. The number of amides is 1. The number of aryl methyl sites for hydroxylation is 1. The zero-order valence-corrected chi connectivity index (χ0v) is 12.5. The van der Waals surface area contributed by atoms with Crippen LogP contribution in [0, 0.1) is 6.92 Å². The molecule has 0 radical (unpaired) electrons. The van der Waals surface area contributed by atoms with Crippen LogP contribution < -0.4 is 10.6 Å². The van der Waals surface area contributed by atoms with Crippen molar-refractivity contribution < 1.29 is 4.79 Å². The molecule has 0 aliphatic heterocycles. The molecule has 0 unspecified atom stereocenters. The Morgan fingerprint density at radius 3 is 2.68 bits per heavy atom. The van der Waals surface area contributed by atoms with Crippen molar-refractivity contribution in [1.29, 1.82) is 0 Å². The van der Waals surface area contributed by atoms with Crippen LogP contribution in [0.15, 0.2) is 18.2 Å². The number of nitrogens with one attached hydrogen (secondary N) is 2. The number of benzene rings is 1. The smallest absolute Gasteiger partial charge is 0.239 e. The van der Waals surface area contributed by atoms with Gasteiger partial charge in [0.1, 0.15) is 0 Å². The average Bonchev–Trinajstić information content (AvgIpc) is 2.37. The quantitative estimate of drug-likeness (QED) is 0.739. The van der Waals surface area contributed by atoms with E-state index in [1.165, 1.54) is 11.1 Å². The molecule has 0 saturated carbocycles. The SMILES string of the molecule is CCCCNC(=O)CNc1c(C)cccc1C(C)C. The normalized spacial score (nSPS) is 10.6. The van der Waals surface area contributed by atoms with Crippen molar-refractivity contribution in [2.45, 2.75) is 46.5 Å². The number of unbranched alkanes of at least 4 members (excludes halogenated alkanes) is 1. The number of carbonyl (C=O) groups is 1. The number of hydrogen-bond donors (Lipinski definition) is 2. The molecular weight excluding hydrogens is 236 g/mol. The van der Waals surface area contributed by atoms with Crippen molar-refractivity contribution in [2.24, 2.45) is 0 Å². The molecule has 0 aliphatic carbocycles. The molecular formula is C16H26N2O. The third kappa shape index (κ3) is 4.93. The van der Waals surface area contributed by atoms with Crippen LogP contribution in [-0.4, -0.2) is 19.0 Å². The van der Waals surface area contributed by atoms with Crippen molar-refractivity contribution in [3.05, 3.63) is 29.3 Å². The van der Waals surface area contributed by atoms with Crippen LogP contribution in [0.4, 0.5) is 5.69 Å². The molecule has 3 heteroatoms. The Labute approximate surface area is 116 Å². The standard InChI is InChI=1S/C16H26N2O/c1-5-6-10-17-15(19)11-18-16-13(4)8-7-9-14(16)12(2)3/h7-9,12,18H,5-6,10-11H2,1-4H3,(H,17,19). The van der Waals surface area contributed by atoms with Crippen LogP contribution in [0.5, 0.6) is 0 Å². The van der Waals surface area contributed by atoms with Crippen LogP contribution in [0.2, 0.25) is 0 Å². The van der Waals surface area contributed by atoms with E-state index in [0.29, 0.717) is 12.5 Å². The summed E-state index contributed by atoms with van der Waals surface area (Å²) in [6.45, 7) is 9.63. The monoisotopic (exact) mass is 262 g/mol. The maximum atomic E-state index is 11.7. The highest BCUT2D eigenvalue weighted by Gasteiger charge is 2.09. The van der Waals surface area contributed by atoms with Crippen molar-refractivity contribution in [3.63, 3.8) is 0 Å². The second-order valence-corrected chi connectivity index (χ2v) is 5.25. The molecule has 0 heterocycles. The molecule has 0 bridgehead atoms. The predicted octanol–water partition coefficient (Wildman–Crippen LogP) is 3.45. The van der Waals surface area contributed by atoms with E-state index in [4.69, 9.17) is 0 Å². The Balaban J connectivity index is 2.59. The molecule has 0 fully saturated rings. The summed E-state index contributed by atoms with van der Waals surface area (Å²) >= 11 is 0. The molecule has 106 valence electrons. The molecule has 19 heavy (non-hydrogen) atoms. The van der Waals surface area contributed by atoms with Gasteiger partial charge in [-0.15, -0.1) is 0 Å². The lowest BCUT2D eigenvalue weighted by atomic mass is 9.98. The number of para-hydroxylation sites is 1. The Morgan fingerprint density at radius 1 is 1.32 bits per heavy atom. The van der Waals surface area contributed by atoms with Gasteiger partial charge in [0.25, 0.3) is 0 Å². The van der Waals surface area contributed by atoms with Gasteiger partial charge in [-0.05, 0) is 30.4 Å². The van der Waals surface area contributed by atoms with Crippen molar-refractivity contribution >= 4 is 11.6 Å². The van der Waals surface area contributed by atoms with Crippen molar-refractivity contribution in [1.82, 2.24) is 5.32 Å².